The number of aryl methyl sites for hydroxylation is 1. The van der Waals surface area contributed by atoms with E-state index in [1.807, 2.05) is 4.90 Å². The van der Waals surface area contributed by atoms with Gasteiger partial charge in [-0.25, -0.2) is 0 Å². The molecule has 1 saturated heterocycles. The minimum atomic E-state index is -4.43. The molecular weight excluding hydrogens is 415 g/mol. The number of alkyl halides is 3. The summed E-state index contributed by atoms with van der Waals surface area (Å²) in [6.45, 7) is 3.90. The molecular formula is C21H22F3N3O4. The highest BCUT2D eigenvalue weighted by Gasteiger charge is 2.31. The molecule has 0 saturated carbocycles. The van der Waals surface area contributed by atoms with Crippen LogP contribution in [0, 0.1) is 17.0 Å². The van der Waals surface area contributed by atoms with Gasteiger partial charge in [-0.1, -0.05) is 18.2 Å². The Morgan fingerprint density at radius 1 is 1.19 bits per heavy atom. The quantitative estimate of drug-likeness (QED) is 0.550. The summed E-state index contributed by atoms with van der Waals surface area (Å²) in [5.74, 6) is -0.480. The van der Waals surface area contributed by atoms with Crippen molar-refractivity contribution in [3.8, 4) is 0 Å². The Balaban J connectivity index is 1.80. The molecule has 1 amide bonds. The predicted molar refractivity (Wildman–Crippen MR) is 107 cm³/mol. The Morgan fingerprint density at radius 3 is 2.42 bits per heavy atom. The van der Waals surface area contributed by atoms with Crippen molar-refractivity contribution in [1.82, 2.24) is 10.2 Å². The van der Waals surface area contributed by atoms with E-state index in [1.165, 1.54) is 30.3 Å². The molecule has 1 heterocycles. The Kier molecular flexibility index (Phi) is 6.91. The van der Waals surface area contributed by atoms with Crippen LogP contribution in [0.4, 0.5) is 18.9 Å². The average Bonchev–Trinajstić information content (AvgIpc) is 2.74. The zero-order chi connectivity index (χ0) is 22.6. The zero-order valence-corrected chi connectivity index (χ0v) is 16.8. The van der Waals surface area contributed by atoms with E-state index in [4.69, 9.17) is 4.74 Å². The molecule has 7 nitrogen and oxygen atoms in total. The molecule has 1 aliphatic heterocycles. The maximum atomic E-state index is 12.9. The molecule has 1 unspecified atom stereocenters. The number of nitro benzene ring substituents is 1. The lowest BCUT2D eigenvalue weighted by molar-refractivity contribution is -0.384. The monoisotopic (exact) mass is 437 g/mol. The molecule has 10 heteroatoms. The van der Waals surface area contributed by atoms with Crippen molar-refractivity contribution in [2.24, 2.45) is 0 Å². The van der Waals surface area contributed by atoms with Gasteiger partial charge in [0.25, 0.3) is 11.6 Å². The number of rotatable bonds is 6. The van der Waals surface area contributed by atoms with Gasteiger partial charge in [-0.15, -0.1) is 0 Å². The van der Waals surface area contributed by atoms with E-state index in [0.29, 0.717) is 37.4 Å². The molecule has 0 aliphatic carbocycles. The molecule has 2 aromatic carbocycles. The molecule has 0 radical (unpaired) electrons. The smallest absolute Gasteiger partial charge is 0.379 e. The maximum absolute atomic E-state index is 12.9. The molecule has 0 spiro atoms. The molecule has 1 fully saturated rings. The number of non-ortho nitro benzene ring substituents is 1. The van der Waals surface area contributed by atoms with Crippen LogP contribution in [0.1, 0.15) is 33.1 Å². The number of amides is 1. The molecule has 166 valence electrons. The third-order valence-electron chi connectivity index (χ3n) is 5.24. The minimum Gasteiger partial charge on any atom is -0.379 e. The van der Waals surface area contributed by atoms with Gasteiger partial charge >= 0.3 is 6.18 Å². The molecule has 2 aromatic rings. The molecule has 1 N–H and O–H groups in total. The molecule has 31 heavy (non-hydrogen) atoms. The normalized spacial score (nSPS) is 16.0. The Bertz CT molecular complexity index is 942. The molecule has 3 rings (SSSR count). The minimum absolute atomic E-state index is 0.131. The van der Waals surface area contributed by atoms with Gasteiger partial charge in [0.2, 0.25) is 0 Å². The second kappa shape index (κ2) is 9.44. The van der Waals surface area contributed by atoms with Crippen molar-refractivity contribution in [3.63, 3.8) is 0 Å². The maximum Gasteiger partial charge on any atom is 0.416 e. The summed E-state index contributed by atoms with van der Waals surface area (Å²) >= 11 is 0. The number of nitro groups is 1. The second-order valence-electron chi connectivity index (χ2n) is 7.25. The van der Waals surface area contributed by atoms with Gasteiger partial charge in [0, 0.05) is 37.3 Å². The average molecular weight is 437 g/mol. The van der Waals surface area contributed by atoms with Gasteiger partial charge in [0.05, 0.1) is 29.7 Å². The van der Waals surface area contributed by atoms with Crippen LogP contribution in [0.25, 0.3) is 0 Å². The summed E-state index contributed by atoms with van der Waals surface area (Å²) in [6.07, 6.45) is -4.43. The number of hydrogen-bond donors (Lipinski definition) is 1. The van der Waals surface area contributed by atoms with Gasteiger partial charge in [0.15, 0.2) is 0 Å². The Morgan fingerprint density at radius 2 is 1.84 bits per heavy atom. The summed E-state index contributed by atoms with van der Waals surface area (Å²) < 4.78 is 44.1. The highest BCUT2D eigenvalue weighted by Crippen LogP contribution is 2.31. The topological polar surface area (TPSA) is 84.7 Å². The van der Waals surface area contributed by atoms with Gasteiger partial charge in [-0.2, -0.15) is 13.2 Å². The number of carbonyl (C=O) groups is 1. The summed E-state index contributed by atoms with van der Waals surface area (Å²) in [4.78, 5) is 25.2. The summed E-state index contributed by atoms with van der Waals surface area (Å²) in [6, 6.07) is 8.54. The summed E-state index contributed by atoms with van der Waals surface area (Å²) in [5, 5.41) is 13.8. The predicted octanol–water partition coefficient (Wildman–Crippen LogP) is 3.73. The number of halogens is 3. The highest BCUT2D eigenvalue weighted by atomic mass is 19.4. The lowest BCUT2D eigenvalue weighted by Crippen LogP contribution is -2.43. The van der Waals surface area contributed by atoms with E-state index in [0.717, 1.165) is 12.1 Å². The van der Waals surface area contributed by atoms with Crippen LogP contribution < -0.4 is 5.32 Å². The van der Waals surface area contributed by atoms with Crippen LogP contribution in [0.2, 0.25) is 0 Å². The number of morpholine rings is 1. The van der Waals surface area contributed by atoms with Crippen LogP contribution in [-0.4, -0.2) is 48.6 Å². The SMILES string of the molecule is Cc1ccc([N+](=O)[O-])cc1C(=O)NCC(c1ccc(C(F)(F)F)cc1)N1CCOCC1. The summed E-state index contributed by atoms with van der Waals surface area (Å²) in [7, 11) is 0. The molecule has 0 bridgehead atoms. The molecule has 0 aromatic heterocycles. The first-order chi connectivity index (χ1) is 14.7. The van der Waals surface area contributed by atoms with Gasteiger partial charge in [0.1, 0.15) is 0 Å². The van der Waals surface area contributed by atoms with Crippen molar-refractivity contribution in [2.75, 3.05) is 32.8 Å². The number of nitrogens with zero attached hydrogens (tertiary/aromatic N) is 2. The lowest BCUT2D eigenvalue weighted by atomic mass is 10.0. The number of nitrogens with one attached hydrogen (secondary N) is 1. The van der Waals surface area contributed by atoms with E-state index in [9.17, 15) is 28.1 Å². The Hall–Kier alpha value is -2.98. The van der Waals surface area contributed by atoms with E-state index in [1.54, 1.807) is 6.92 Å². The van der Waals surface area contributed by atoms with Crippen LogP contribution in [0.15, 0.2) is 42.5 Å². The van der Waals surface area contributed by atoms with Crippen molar-refractivity contribution >= 4 is 11.6 Å². The van der Waals surface area contributed by atoms with Crippen molar-refractivity contribution in [2.45, 2.75) is 19.1 Å². The largest absolute Gasteiger partial charge is 0.416 e. The molecule has 1 atom stereocenters. The molecule has 1 aliphatic rings. The van der Waals surface area contributed by atoms with Crippen LogP contribution in [-0.2, 0) is 10.9 Å². The van der Waals surface area contributed by atoms with Crippen LogP contribution >= 0.6 is 0 Å². The first-order valence-electron chi connectivity index (χ1n) is 9.69. The first-order valence-corrected chi connectivity index (χ1v) is 9.69. The number of ether oxygens (including phenoxy) is 1. The van der Waals surface area contributed by atoms with Gasteiger partial charge in [-0.3, -0.25) is 19.8 Å². The fourth-order valence-corrected chi connectivity index (χ4v) is 3.49. The lowest BCUT2D eigenvalue weighted by Gasteiger charge is -2.35. The fraction of sp³-hybridized carbons (Fsp3) is 0.381. The van der Waals surface area contributed by atoms with Crippen LogP contribution in [0.3, 0.4) is 0 Å². The van der Waals surface area contributed by atoms with E-state index in [2.05, 4.69) is 5.32 Å². The van der Waals surface area contributed by atoms with Crippen molar-refractivity contribution in [1.29, 1.82) is 0 Å². The van der Waals surface area contributed by atoms with Crippen molar-refractivity contribution in [3.05, 3.63) is 74.8 Å². The van der Waals surface area contributed by atoms with E-state index >= 15 is 0 Å². The first kappa shape index (κ1) is 22.7. The third-order valence-corrected chi connectivity index (χ3v) is 5.24. The highest BCUT2D eigenvalue weighted by molar-refractivity contribution is 5.96. The van der Waals surface area contributed by atoms with E-state index in [-0.39, 0.29) is 23.8 Å². The van der Waals surface area contributed by atoms with Crippen LogP contribution in [0.5, 0.6) is 0 Å². The van der Waals surface area contributed by atoms with Crippen molar-refractivity contribution < 1.29 is 27.6 Å². The Labute approximate surface area is 177 Å². The van der Waals surface area contributed by atoms with Gasteiger partial charge < -0.3 is 10.1 Å². The zero-order valence-electron chi connectivity index (χ0n) is 16.8. The number of carbonyl (C=O) groups excluding carboxylic acids is 1. The van der Waals surface area contributed by atoms with E-state index < -0.39 is 22.6 Å². The second-order valence-corrected chi connectivity index (χ2v) is 7.25. The summed E-state index contributed by atoms with van der Waals surface area (Å²) in [5.41, 5.74) is 0.463. The number of hydrogen-bond acceptors (Lipinski definition) is 5. The standard InChI is InChI=1S/C21H22F3N3O4/c1-14-2-7-17(27(29)30)12-18(14)20(28)25-13-19(26-8-10-31-11-9-26)15-3-5-16(6-4-15)21(22,23)24/h2-7,12,19H,8-11,13H2,1H3,(H,25,28). The van der Waals surface area contributed by atoms with Gasteiger partial charge in [-0.05, 0) is 30.2 Å². The third kappa shape index (κ3) is 5.59. The number of benzene rings is 2. The fourth-order valence-electron chi connectivity index (χ4n) is 3.49.